The maximum absolute atomic E-state index is 13.8. The number of nitrogens with two attached hydrogens (primary N) is 1. The van der Waals surface area contributed by atoms with Crippen molar-refractivity contribution in [3.05, 3.63) is 34.6 Å². The standard InChI is InChI=1S/C14H22ClFN2O/c1-4-14(3,19-5-2)13(18-17)8-10-6-7-11(15)9-12(10)16/h6-7,9,13,18H,4-5,8,17H2,1-3H3. The molecule has 0 heterocycles. The van der Waals surface area contributed by atoms with Crippen molar-refractivity contribution in [1.82, 2.24) is 5.43 Å². The fourth-order valence-corrected chi connectivity index (χ4v) is 2.30. The van der Waals surface area contributed by atoms with E-state index in [1.165, 1.54) is 6.07 Å². The number of nitrogens with one attached hydrogen (secondary N) is 1. The Morgan fingerprint density at radius 2 is 2.16 bits per heavy atom. The number of hydrogen-bond acceptors (Lipinski definition) is 3. The summed E-state index contributed by atoms with van der Waals surface area (Å²) >= 11 is 5.75. The van der Waals surface area contributed by atoms with Crippen LogP contribution < -0.4 is 11.3 Å². The molecule has 2 unspecified atom stereocenters. The van der Waals surface area contributed by atoms with Gasteiger partial charge in [-0.25, -0.2) is 4.39 Å². The van der Waals surface area contributed by atoms with Gasteiger partial charge in [0.25, 0.3) is 0 Å². The van der Waals surface area contributed by atoms with Crippen LogP contribution in [0.5, 0.6) is 0 Å². The van der Waals surface area contributed by atoms with Gasteiger partial charge < -0.3 is 4.74 Å². The molecular formula is C14H22ClFN2O. The summed E-state index contributed by atoms with van der Waals surface area (Å²) in [6, 6.07) is 4.50. The molecule has 0 saturated carbocycles. The molecule has 0 aliphatic carbocycles. The highest BCUT2D eigenvalue weighted by molar-refractivity contribution is 6.30. The molecule has 0 fully saturated rings. The number of benzene rings is 1. The number of ether oxygens (including phenoxy) is 1. The zero-order valence-corrected chi connectivity index (χ0v) is 12.4. The number of rotatable bonds is 7. The average Bonchev–Trinajstić information content (AvgIpc) is 2.38. The minimum Gasteiger partial charge on any atom is -0.374 e. The Balaban J connectivity index is 2.92. The summed E-state index contributed by atoms with van der Waals surface area (Å²) in [5.41, 5.74) is 2.88. The van der Waals surface area contributed by atoms with Gasteiger partial charge in [-0.15, -0.1) is 0 Å². The Morgan fingerprint density at radius 1 is 1.47 bits per heavy atom. The molecular weight excluding hydrogens is 267 g/mol. The van der Waals surface area contributed by atoms with E-state index < -0.39 is 5.60 Å². The SMILES string of the molecule is CCOC(C)(CC)C(Cc1ccc(Cl)cc1F)NN. The van der Waals surface area contributed by atoms with Crippen molar-refractivity contribution in [2.24, 2.45) is 5.84 Å². The van der Waals surface area contributed by atoms with E-state index in [4.69, 9.17) is 22.2 Å². The van der Waals surface area contributed by atoms with Gasteiger partial charge >= 0.3 is 0 Å². The first-order valence-corrected chi connectivity index (χ1v) is 6.88. The lowest BCUT2D eigenvalue weighted by atomic mass is 9.88. The smallest absolute Gasteiger partial charge is 0.127 e. The van der Waals surface area contributed by atoms with Crippen molar-refractivity contribution >= 4 is 11.6 Å². The van der Waals surface area contributed by atoms with Gasteiger partial charge in [-0.1, -0.05) is 24.6 Å². The molecule has 0 aliphatic heterocycles. The van der Waals surface area contributed by atoms with E-state index in [0.717, 1.165) is 6.42 Å². The second kappa shape index (κ2) is 7.20. The van der Waals surface area contributed by atoms with Crippen LogP contribution in [0, 0.1) is 5.82 Å². The lowest BCUT2D eigenvalue weighted by molar-refractivity contribution is -0.0552. The van der Waals surface area contributed by atoms with Crippen LogP contribution in [-0.2, 0) is 11.2 Å². The molecule has 3 nitrogen and oxygen atoms in total. The van der Waals surface area contributed by atoms with Gasteiger partial charge in [-0.2, -0.15) is 0 Å². The van der Waals surface area contributed by atoms with Gasteiger partial charge in [0.1, 0.15) is 5.82 Å². The van der Waals surface area contributed by atoms with Gasteiger partial charge in [-0.3, -0.25) is 11.3 Å². The molecule has 1 rings (SSSR count). The van der Waals surface area contributed by atoms with Crippen molar-refractivity contribution in [3.8, 4) is 0 Å². The van der Waals surface area contributed by atoms with Crippen molar-refractivity contribution in [1.29, 1.82) is 0 Å². The van der Waals surface area contributed by atoms with E-state index in [2.05, 4.69) is 5.43 Å². The second-order valence-corrected chi connectivity index (χ2v) is 5.19. The zero-order chi connectivity index (χ0) is 14.5. The molecule has 3 N–H and O–H groups in total. The lowest BCUT2D eigenvalue weighted by Gasteiger charge is -2.36. The molecule has 0 saturated heterocycles. The lowest BCUT2D eigenvalue weighted by Crippen LogP contribution is -2.54. The number of hydrazine groups is 1. The van der Waals surface area contributed by atoms with Gasteiger partial charge in [0.2, 0.25) is 0 Å². The Hall–Kier alpha value is -0.680. The van der Waals surface area contributed by atoms with Crippen LogP contribution in [0.25, 0.3) is 0 Å². The average molecular weight is 289 g/mol. The first-order chi connectivity index (χ1) is 8.96. The predicted octanol–water partition coefficient (Wildman–Crippen LogP) is 3.06. The van der Waals surface area contributed by atoms with Crippen LogP contribution >= 0.6 is 11.6 Å². The second-order valence-electron chi connectivity index (χ2n) is 4.76. The molecule has 1 aromatic rings. The van der Waals surface area contributed by atoms with E-state index in [9.17, 15) is 4.39 Å². The van der Waals surface area contributed by atoms with Crippen molar-refractivity contribution < 1.29 is 9.13 Å². The maximum atomic E-state index is 13.8. The molecule has 0 spiro atoms. The number of halogens is 2. The Morgan fingerprint density at radius 3 is 2.63 bits per heavy atom. The highest BCUT2D eigenvalue weighted by Gasteiger charge is 2.33. The fourth-order valence-electron chi connectivity index (χ4n) is 2.14. The van der Waals surface area contributed by atoms with Crippen LogP contribution in [0.15, 0.2) is 18.2 Å². The summed E-state index contributed by atoms with van der Waals surface area (Å²) in [7, 11) is 0. The van der Waals surface area contributed by atoms with E-state index in [0.29, 0.717) is 23.6 Å². The maximum Gasteiger partial charge on any atom is 0.127 e. The molecule has 0 bridgehead atoms. The third-order valence-corrected chi connectivity index (χ3v) is 3.79. The summed E-state index contributed by atoms with van der Waals surface area (Å²) in [4.78, 5) is 0. The molecule has 0 radical (unpaired) electrons. The van der Waals surface area contributed by atoms with E-state index >= 15 is 0 Å². The Labute approximate surface area is 119 Å². The molecule has 1 aromatic carbocycles. The van der Waals surface area contributed by atoms with Crippen LogP contribution in [0.4, 0.5) is 4.39 Å². The van der Waals surface area contributed by atoms with Crippen LogP contribution in [-0.4, -0.2) is 18.2 Å². The summed E-state index contributed by atoms with van der Waals surface area (Å²) < 4.78 is 19.6. The molecule has 19 heavy (non-hydrogen) atoms. The van der Waals surface area contributed by atoms with E-state index in [-0.39, 0.29) is 11.9 Å². The van der Waals surface area contributed by atoms with Crippen LogP contribution in [0.1, 0.15) is 32.8 Å². The monoisotopic (exact) mass is 288 g/mol. The minimum absolute atomic E-state index is 0.173. The first kappa shape index (κ1) is 16.4. The molecule has 2 atom stereocenters. The molecule has 108 valence electrons. The van der Waals surface area contributed by atoms with E-state index in [1.54, 1.807) is 12.1 Å². The van der Waals surface area contributed by atoms with Crippen molar-refractivity contribution in [2.45, 2.75) is 45.3 Å². The quantitative estimate of drug-likeness (QED) is 0.599. The van der Waals surface area contributed by atoms with Crippen LogP contribution in [0.3, 0.4) is 0 Å². The van der Waals surface area contributed by atoms with Gasteiger partial charge in [0.15, 0.2) is 0 Å². The highest BCUT2D eigenvalue weighted by atomic mass is 35.5. The van der Waals surface area contributed by atoms with E-state index in [1.807, 2.05) is 20.8 Å². The molecule has 0 aliphatic rings. The fraction of sp³-hybridized carbons (Fsp3) is 0.571. The topological polar surface area (TPSA) is 47.3 Å². The summed E-state index contributed by atoms with van der Waals surface area (Å²) in [5.74, 6) is 5.30. The molecule has 0 aromatic heterocycles. The molecule has 5 heteroatoms. The van der Waals surface area contributed by atoms with Gasteiger partial charge in [-0.05, 0) is 44.4 Å². The highest BCUT2D eigenvalue weighted by Crippen LogP contribution is 2.24. The Kier molecular flexibility index (Phi) is 6.20. The predicted molar refractivity (Wildman–Crippen MR) is 76.5 cm³/mol. The summed E-state index contributed by atoms with van der Waals surface area (Å²) in [5, 5.41) is 0.390. The third kappa shape index (κ3) is 4.14. The summed E-state index contributed by atoms with van der Waals surface area (Å²) in [6.45, 7) is 6.53. The normalized spacial score (nSPS) is 16.1. The summed E-state index contributed by atoms with van der Waals surface area (Å²) in [6.07, 6.45) is 1.23. The first-order valence-electron chi connectivity index (χ1n) is 6.50. The van der Waals surface area contributed by atoms with Crippen LogP contribution in [0.2, 0.25) is 5.02 Å². The zero-order valence-electron chi connectivity index (χ0n) is 11.7. The third-order valence-electron chi connectivity index (χ3n) is 3.55. The Bertz CT molecular complexity index is 416. The van der Waals surface area contributed by atoms with Gasteiger partial charge in [0, 0.05) is 11.6 Å². The van der Waals surface area contributed by atoms with Gasteiger partial charge in [0.05, 0.1) is 11.6 Å². The molecule has 0 amide bonds. The van der Waals surface area contributed by atoms with Crippen molar-refractivity contribution in [2.75, 3.05) is 6.61 Å². The number of hydrogen-bond donors (Lipinski definition) is 2. The van der Waals surface area contributed by atoms with Crippen molar-refractivity contribution in [3.63, 3.8) is 0 Å². The minimum atomic E-state index is -0.435. The largest absolute Gasteiger partial charge is 0.374 e.